The molecule has 2 atom stereocenters. The Hall–Kier alpha value is -1.77. The molecule has 0 fully saturated rings. The molecule has 1 aromatic carbocycles. The lowest BCUT2D eigenvalue weighted by Gasteiger charge is -2.26. The number of nitrogens with one attached hydrogen (secondary N) is 2. The summed E-state index contributed by atoms with van der Waals surface area (Å²) in [5.41, 5.74) is 2.42. The number of hydrogen-bond donors (Lipinski definition) is 2. The van der Waals surface area contributed by atoms with Crippen LogP contribution in [0.3, 0.4) is 0 Å². The van der Waals surface area contributed by atoms with Gasteiger partial charge in [-0.2, -0.15) is 0 Å². The van der Waals surface area contributed by atoms with E-state index in [1.165, 1.54) is 17.7 Å². The number of amides is 1. The van der Waals surface area contributed by atoms with Gasteiger partial charge in [-0.05, 0) is 43.2 Å². The van der Waals surface area contributed by atoms with E-state index >= 15 is 0 Å². The maximum Gasteiger partial charge on any atom is 0.225 e. The SMILES string of the molecule is O=C(NCC1CC=CCC1)C1CNc2ccccc2C1. The van der Waals surface area contributed by atoms with Crippen molar-refractivity contribution in [1.29, 1.82) is 0 Å². The third kappa shape index (κ3) is 3.03. The van der Waals surface area contributed by atoms with Crippen LogP contribution in [-0.2, 0) is 11.2 Å². The molecule has 1 heterocycles. The van der Waals surface area contributed by atoms with Crippen LogP contribution in [-0.4, -0.2) is 19.0 Å². The van der Waals surface area contributed by atoms with Gasteiger partial charge in [0.1, 0.15) is 0 Å². The molecular formula is C17H22N2O. The van der Waals surface area contributed by atoms with Gasteiger partial charge in [0.25, 0.3) is 0 Å². The molecule has 2 unspecified atom stereocenters. The van der Waals surface area contributed by atoms with Crippen LogP contribution >= 0.6 is 0 Å². The van der Waals surface area contributed by atoms with Gasteiger partial charge in [0, 0.05) is 18.8 Å². The third-order valence-corrected chi connectivity index (χ3v) is 4.34. The summed E-state index contributed by atoms with van der Waals surface area (Å²) in [6, 6.07) is 8.25. The smallest absolute Gasteiger partial charge is 0.225 e. The minimum Gasteiger partial charge on any atom is -0.384 e. The van der Waals surface area contributed by atoms with Crippen LogP contribution in [0.25, 0.3) is 0 Å². The van der Waals surface area contributed by atoms with Crippen LogP contribution in [0, 0.1) is 11.8 Å². The molecule has 0 spiro atoms. The Kier molecular flexibility index (Phi) is 4.05. The van der Waals surface area contributed by atoms with Gasteiger partial charge < -0.3 is 10.6 Å². The van der Waals surface area contributed by atoms with Crippen LogP contribution in [0.2, 0.25) is 0 Å². The highest BCUT2D eigenvalue weighted by molar-refractivity contribution is 5.80. The Morgan fingerprint density at radius 2 is 2.20 bits per heavy atom. The van der Waals surface area contributed by atoms with Crippen LogP contribution in [0.15, 0.2) is 36.4 Å². The molecule has 0 saturated heterocycles. The van der Waals surface area contributed by atoms with E-state index < -0.39 is 0 Å². The van der Waals surface area contributed by atoms with Gasteiger partial charge in [-0.1, -0.05) is 30.4 Å². The Morgan fingerprint density at radius 1 is 1.30 bits per heavy atom. The van der Waals surface area contributed by atoms with Gasteiger partial charge in [-0.25, -0.2) is 0 Å². The van der Waals surface area contributed by atoms with Gasteiger partial charge in [0.2, 0.25) is 5.91 Å². The number of benzene rings is 1. The summed E-state index contributed by atoms with van der Waals surface area (Å²) in [6.07, 6.45) is 8.77. The van der Waals surface area contributed by atoms with Crippen molar-refractivity contribution >= 4 is 11.6 Å². The first-order chi connectivity index (χ1) is 9.83. The Balaban J connectivity index is 1.52. The molecule has 106 valence electrons. The van der Waals surface area contributed by atoms with Gasteiger partial charge in [-0.3, -0.25) is 4.79 Å². The van der Waals surface area contributed by atoms with Crippen molar-refractivity contribution in [3.8, 4) is 0 Å². The van der Waals surface area contributed by atoms with Crippen molar-refractivity contribution in [2.24, 2.45) is 11.8 Å². The molecule has 1 aliphatic carbocycles. The highest BCUT2D eigenvalue weighted by atomic mass is 16.1. The Labute approximate surface area is 120 Å². The van der Waals surface area contributed by atoms with Crippen LogP contribution in [0.4, 0.5) is 5.69 Å². The zero-order chi connectivity index (χ0) is 13.8. The summed E-state index contributed by atoms with van der Waals surface area (Å²) in [5.74, 6) is 0.873. The molecule has 0 aromatic heterocycles. The summed E-state index contributed by atoms with van der Waals surface area (Å²) in [4.78, 5) is 12.3. The summed E-state index contributed by atoms with van der Waals surface area (Å²) in [6.45, 7) is 1.56. The molecule has 1 aromatic rings. The van der Waals surface area contributed by atoms with E-state index in [2.05, 4.69) is 34.9 Å². The van der Waals surface area contributed by atoms with Gasteiger partial charge >= 0.3 is 0 Å². The van der Waals surface area contributed by atoms with E-state index in [-0.39, 0.29) is 11.8 Å². The summed E-state index contributed by atoms with van der Waals surface area (Å²) in [5, 5.41) is 6.50. The molecule has 1 aliphatic heterocycles. The molecule has 0 radical (unpaired) electrons. The van der Waals surface area contributed by atoms with E-state index in [4.69, 9.17) is 0 Å². The largest absolute Gasteiger partial charge is 0.384 e. The summed E-state index contributed by atoms with van der Waals surface area (Å²) < 4.78 is 0. The predicted molar refractivity (Wildman–Crippen MR) is 81.6 cm³/mol. The molecule has 20 heavy (non-hydrogen) atoms. The standard InChI is InChI=1S/C17H22N2O/c20-17(19-11-13-6-2-1-3-7-13)15-10-14-8-4-5-9-16(14)18-12-15/h1-2,4-5,8-9,13,15,18H,3,6-7,10-12H2,(H,19,20). The molecule has 2 N–H and O–H groups in total. The van der Waals surface area contributed by atoms with Crippen molar-refractivity contribution in [2.45, 2.75) is 25.7 Å². The fourth-order valence-corrected chi connectivity index (χ4v) is 3.06. The minimum absolute atomic E-state index is 0.0593. The third-order valence-electron chi connectivity index (χ3n) is 4.34. The number of para-hydroxylation sites is 1. The number of rotatable bonds is 3. The molecule has 0 saturated carbocycles. The molecule has 1 amide bonds. The quantitative estimate of drug-likeness (QED) is 0.829. The van der Waals surface area contributed by atoms with Crippen molar-refractivity contribution in [2.75, 3.05) is 18.4 Å². The first-order valence-electron chi connectivity index (χ1n) is 7.57. The maximum atomic E-state index is 12.3. The highest BCUT2D eigenvalue weighted by Gasteiger charge is 2.24. The number of hydrogen-bond acceptors (Lipinski definition) is 2. The normalized spacial score (nSPS) is 24.6. The fourth-order valence-electron chi connectivity index (χ4n) is 3.06. The lowest BCUT2D eigenvalue weighted by Crippen LogP contribution is -2.40. The fraction of sp³-hybridized carbons (Fsp3) is 0.471. The average Bonchev–Trinajstić information content (AvgIpc) is 2.53. The van der Waals surface area contributed by atoms with E-state index in [0.717, 1.165) is 32.4 Å². The second kappa shape index (κ2) is 6.12. The van der Waals surface area contributed by atoms with E-state index in [9.17, 15) is 4.79 Å². The van der Waals surface area contributed by atoms with Crippen molar-refractivity contribution < 1.29 is 4.79 Å². The van der Waals surface area contributed by atoms with Crippen LogP contribution in [0.1, 0.15) is 24.8 Å². The maximum absolute atomic E-state index is 12.3. The van der Waals surface area contributed by atoms with Crippen molar-refractivity contribution in [3.63, 3.8) is 0 Å². The summed E-state index contributed by atoms with van der Waals surface area (Å²) >= 11 is 0. The number of carbonyl (C=O) groups excluding carboxylic acids is 1. The second-order valence-electron chi connectivity index (χ2n) is 5.83. The van der Waals surface area contributed by atoms with Gasteiger partial charge in [-0.15, -0.1) is 0 Å². The topological polar surface area (TPSA) is 41.1 Å². The summed E-state index contributed by atoms with van der Waals surface area (Å²) in [7, 11) is 0. The lowest BCUT2D eigenvalue weighted by molar-refractivity contribution is -0.124. The zero-order valence-corrected chi connectivity index (χ0v) is 11.8. The number of allylic oxidation sites excluding steroid dienone is 2. The molecule has 2 aliphatic rings. The minimum atomic E-state index is 0.0593. The van der Waals surface area contributed by atoms with Gasteiger partial charge in [0.05, 0.1) is 5.92 Å². The van der Waals surface area contributed by atoms with E-state index in [1.54, 1.807) is 0 Å². The average molecular weight is 270 g/mol. The van der Waals surface area contributed by atoms with Gasteiger partial charge in [0.15, 0.2) is 0 Å². The van der Waals surface area contributed by atoms with Crippen LogP contribution in [0.5, 0.6) is 0 Å². The highest BCUT2D eigenvalue weighted by Crippen LogP contribution is 2.24. The second-order valence-corrected chi connectivity index (χ2v) is 5.83. The van der Waals surface area contributed by atoms with Crippen LogP contribution < -0.4 is 10.6 Å². The zero-order valence-electron chi connectivity index (χ0n) is 11.8. The Bertz CT molecular complexity index is 509. The number of anilines is 1. The Morgan fingerprint density at radius 3 is 3.05 bits per heavy atom. The first-order valence-corrected chi connectivity index (χ1v) is 7.57. The molecular weight excluding hydrogens is 248 g/mol. The molecule has 3 heteroatoms. The van der Waals surface area contributed by atoms with Crippen molar-refractivity contribution in [3.05, 3.63) is 42.0 Å². The monoisotopic (exact) mass is 270 g/mol. The van der Waals surface area contributed by atoms with E-state index in [0.29, 0.717) is 5.92 Å². The lowest BCUT2D eigenvalue weighted by atomic mass is 9.92. The first kappa shape index (κ1) is 13.2. The molecule has 3 nitrogen and oxygen atoms in total. The number of carbonyl (C=O) groups is 1. The molecule has 3 rings (SSSR count). The predicted octanol–water partition coefficient (Wildman–Crippen LogP) is 2.74. The molecule has 0 bridgehead atoms. The van der Waals surface area contributed by atoms with E-state index in [1.807, 2.05) is 12.1 Å². The van der Waals surface area contributed by atoms with Crippen molar-refractivity contribution in [1.82, 2.24) is 5.32 Å². The number of fused-ring (bicyclic) bond motifs is 1.